The summed E-state index contributed by atoms with van der Waals surface area (Å²) in [6.45, 7) is 4.08. The van der Waals surface area contributed by atoms with Gasteiger partial charge in [-0.15, -0.1) is 0 Å². The van der Waals surface area contributed by atoms with Crippen molar-refractivity contribution in [2.24, 2.45) is 5.41 Å². The van der Waals surface area contributed by atoms with Gasteiger partial charge >= 0.3 is 5.97 Å². The summed E-state index contributed by atoms with van der Waals surface area (Å²) in [5.41, 5.74) is -0.571. The molecule has 1 aromatic heterocycles. The Morgan fingerprint density at radius 1 is 1.60 bits per heavy atom. The van der Waals surface area contributed by atoms with Crippen molar-refractivity contribution < 1.29 is 18.3 Å². The Bertz CT molecular complexity index is 608. The van der Waals surface area contributed by atoms with Gasteiger partial charge in [0.2, 0.25) is 0 Å². The van der Waals surface area contributed by atoms with E-state index < -0.39 is 21.2 Å². The Hall–Kier alpha value is -1.37. The SMILES string of the molecule is CCC(C)n1ccc(CC2(C(=O)O)CCS(=O)(=O)C2)n1. The van der Waals surface area contributed by atoms with Crippen LogP contribution in [-0.2, 0) is 21.1 Å². The average molecular weight is 300 g/mol. The first-order chi connectivity index (χ1) is 9.28. The molecule has 0 amide bonds. The zero-order valence-electron chi connectivity index (χ0n) is 11.7. The topological polar surface area (TPSA) is 89.3 Å². The smallest absolute Gasteiger partial charge is 0.311 e. The van der Waals surface area contributed by atoms with Crippen molar-refractivity contribution in [3.8, 4) is 0 Å². The van der Waals surface area contributed by atoms with Crippen LogP contribution in [0.2, 0.25) is 0 Å². The summed E-state index contributed by atoms with van der Waals surface area (Å²) in [5.74, 6) is -1.38. The quantitative estimate of drug-likeness (QED) is 0.885. The van der Waals surface area contributed by atoms with Crippen LogP contribution in [0.1, 0.15) is 38.4 Å². The minimum atomic E-state index is -3.25. The first-order valence-electron chi connectivity index (χ1n) is 6.76. The van der Waals surface area contributed by atoms with E-state index in [1.165, 1.54) is 0 Å². The highest BCUT2D eigenvalue weighted by Gasteiger charge is 2.48. The number of carboxylic acids is 1. The maximum absolute atomic E-state index is 11.6. The van der Waals surface area contributed by atoms with E-state index in [4.69, 9.17) is 0 Å². The highest BCUT2D eigenvalue weighted by molar-refractivity contribution is 7.91. The van der Waals surface area contributed by atoms with E-state index in [0.717, 1.165) is 6.42 Å². The van der Waals surface area contributed by atoms with Gasteiger partial charge in [-0.25, -0.2) is 8.42 Å². The van der Waals surface area contributed by atoms with Crippen LogP contribution in [0, 0.1) is 5.41 Å². The van der Waals surface area contributed by atoms with Crippen LogP contribution >= 0.6 is 0 Å². The van der Waals surface area contributed by atoms with Gasteiger partial charge in [0.15, 0.2) is 9.84 Å². The number of carboxylic acid groups (broad SMARTS) is 1. The molecule has 2 heterocycles. The molecule has 2 atom stereocenters. The van der Waals surface area contributed by atoms with Crippen LogP contribution in [-0.4, -0.2) is 40.8 Å². The van der Waals surface area contributed by atoms with Crippen molar-refractivity contribution in [3.63, 3.8) is 0 Å². The van der Waals surface area contributed by atoms with Crippen LogP contribution in [0.25, 0.3) is 0 Å². The van der Waals surface area contributed by atoms with Crippen LogP contribution in [0.4, 0.5) is 0 Å². The number of hydrogen-bond acceptors (Lipinski definition) is 4. The molecule has 1 saturated heterocycles. The van der Waals surface area contributed by atoms with Gasteiger partial charge in [0.05, 0.1) is 22.6 Å². The predicted molar refractivity (Wildman–Crippen MR) is 74.3 cm³/mol. The fourth-order valence-corrected chi connectivity index (χ4v) is 4.61. The molecule has 0 saturated carbocycles. The molecule has 2 rings (SSSR count). The second-order valence-corrected chi connectivity index (χ2v) is 7.83. The van der Waals surface area contributed by atoms with E-state index >= 15 is 0 Å². The molecule has 1 aliphatic heterocycles. The molecule has 2 unspecified atom stereocenters. The van der Waals surface area contributed by atoms with E-state index in [9.17, 15) is 18.3 Å². The zero-order chi connectivity index (χ0) is 15.0. The molecular formula is C13H20N2O4S. The second kappa shape index (κ2) is 5.20. The van der Waals surface area contributed by atoms with Crippen LogP contribution < -0.4 is 0 Å². The molecule has 0 aliphatic carbocycles. The Morgan fingerprint density at radius 2 is 2.30 bits per heavy atom. The molecule has 7 heteroatoms. The summed E-state index contributed by atoms with van der Waals surface area (Å²) in [7, 11) is -3.25. The predicted octanol–water partition coefficient (Wildman–Crippen LogP) is 1.29. The molecule has 0 spiro atoms. The van der Waals surface area contributed by atoms with Gasteiger partial charge in [0, 0.05) is 18.7 Å². The van der Waals surface area contributed by atoms with Gasteiger partial charge in [0.1, 0.15) is 0 Å². The summed E-state index contributed by atoms with van der Waals surface area (Å²) in [5, 5.41) is 13.8. The molecule has 1 aromatic rings. The lowest BCUT2D eigenvalue weighted by Gasteiger charge is -2.21. The fraction of sp³-hybridized carbons (Fsp3) is 0.692. The number of nitrogens with zero attached hydrogens (tertiary/aromatic N) is 2. The highest BCUT2D eigenvalue weighted by Crippen LogP contribution is 2.36. The van der Waals surface area contributed by atoms with Gasteiger partial charge in [0.25, 0.3) is 0 Å². The Kier molecular flexibility index (Phi) is 3.90. The number of sulfone groups is 1. The van der Waals surface area contributed by atoms with Gasteiger partial charge < -0.3 is 5.11 Å². The summed E-state index contributed by atoms with van der Waals surface area (Å²) >= 11 is 0. The van der Waals surface area contributed by atoms with Crippen molar-refractivity contribution in [1.29, 1.82) is 0 Å². The van der Waals surface area contributed by atoms with Crippen molar-refractivity contribution >= 4 is 15.8 Å². The van der Waals surface area contributed by atoms with Crippen LogP contribution in [0.3, 0.4) is 0 Å². The summed E-state index contributed by atoms with van der Waals surface area (Å²) < 4.78 is 25.0. The normalized spacial score (nSPS) is 26.5. The summed E-state index contributed by atoms with van der Waals surface area (Å²) in [6.07, 6.45) is 3.09. The Morgan fingerprint density at radius 3 is 2.80 bits per heavy atom. The third-order valence-electron chi connectivity index (χ3n) is 4.07. The van der Waals surface area contributed by atoms with Gasteiger partial charge in [-0.05, 0) is 25.8 Å². The van der Waals surface area contributed by atoms with Crippen LogP contribution in [0.15, 0.2) is 12.3 Å². The molecule has 1 N–H and O–H groups in total. The lowest BCUT2D eigenvalue weighted by Crippen LogP contribution is -2.34. The maximum atomic E-state index is 11.6. The van der Waals surface area contributed by atoms with E-state index in [0.29, 0.717) is 5.69 Å². The average Bonchev–Trinajstić information content (AvgIpc) is 2.94. The minimum Gasteiger partial charge on any atom is -0.481 e. The highest BCUT2D eigenvalue weighted by atomic mass is 32.2. The Labute approximate surface area is 118 Å². The molecule has 1 fully saturated rings. The van der Waals surface area contributed by atoms with Crippen molar-refractivity contribution in [1.82, 2.24) is 9.78 Å². The lowest BCUT2D eigenvalue weighted by atomic mass is 9.83. The molecule has 6 nitrogen and oxygen atoms in total. The minimum absolute atomic E-state index is 0.0502. The zero-order valence-corrected chi connectivity index (χ0v) is 12.6. The molecule has 0 radical (unpaired) electrons. The molecule has 0 aromatic carbocycles. The second-order valence-electron chi connectivity index (χ2n) is 5.65. The molecule has 20 heavy (non-hydrogen) atoms. The number of aromatic nitrogens is 2. The molecule has 0 bridgehead atoms. The van der Waals surface area contributed by atoms with E-state index in [2.05, 4.69) is 5.10 Å². The first-order valence-corrected chi connectivity index (χ1v) is 8.58. The van der Waals surface area contributed by atoms with Gasteiger partial charge in [-0.2, -0.15) is 5.10 Å². The summed E-state index contributed by atoms with van der Waals surface area (Å²) in [4.78, 5) is 11.5. The number of hydrogen-bond donors (Lipinski definition) is 1. The third-order valence-corrected chi connectivity index (χ3v) is 5.89. The number of rotatable bonds is 5. The molecule has 112 valence electrons. The van der Waals surface area contributed by atoms with E-state index in [1.54, 1.807) is 10.7 Å². The summed E-state index contributed by atoms with van der Waals surface area (Å²) in [6, 6.07) is 2.03. The first kappa shape index (κ1) is 15.0. The molecule has 1 aliphatic rings. The standard InChI is InChI=1S/C13H20N2O4S/c1-3-10(2)15-6-4-11(14-15)8-13(12(16)17)5-7-20(18,19)9-13/h4,6,10H,3,5,7-9H2,1-2H3,(H,16,17). The monoisotopic (exact) mass is 300 g/mol. The van der Waals surface area contributed by atoms with Gasteiger partial charge in [-0.1, -0.05) is 6.92 Å². The Balaban J connectivity index is 2.22. The molecular weight excluding hydrogens is 280 g/mol. The van der Waals surface area contributed by atoms with E-state index in [1.807, 2.05) is 20.0 Å². The van der Waals surface area contributed by atoms with E-state index in [-0.39, 0.29) is 30.4 Å². The maximum Gasteiger partial charge on any atom is 0.311 e. The third kappa shape index (κ3) is 2.87. The van der Waals surface area contributed by atoms with Crippen molar-refractivity contribution in [2.45, 2.75) is 39.2 Å². The van der Waals surface area contributed by atoms with Crippen molar-refractivity contribution in [2.75, 3.05) is 11.5 Å². The lowest BCUT2D eigenvalue weighted by molar-refractivity contribution is -0.147. The van der Waals surface area contributed by atoms with Gasteiger partial charge in [-0.3, -0.25) is 9.48 Å². The largest absolute Gasteiger partial charge is 0.481 e. The van der Waals surface area contributed by atoms with Crippen molar-refractivity contribution in [3.05, 3.63) is 18.0 Å². The van der Waals surface area contributed by atoms with Crippen LogP contribution in [0.5, 0.6) is 0 Å². The number of aliphatic carboxylic acids is 1. The fourth-order valence-electron chi connectivity index (χ4n) is 2.55. The number of carbonyl (C=O) groups is 1.